The highest BCUT2D eigenvalue weighted by Crippen LogP contribution is 2.32. The van der Waals surface area contributed by atoms with Gasteiger partial charge in [0.2, 0.25) is 0 Å². The average molecular weight is 462 g/mol. The highest BCUT2D eigenvalue weighted by atomic mass is 32.2. The van der Waals surface area contributed by atoms with Gasteiger partial charge in [-0.25, -0.2) is 0 Å². The molecule has 31 heavy (non-hydrogen) atoms. The Kier molecular flexibility index (Phi) is 6.81. The highest BCUT2D eigenvalue weighted by molar-refractivity contribution is 8.18. The van der Waals surface area contributed by atoms with Gasteiger partial charge in [0.25, 0.3) is 11.1 Å². The van der Waals surface area contributed by atoms with Gasteiger partial charge in [-0.05, 0) is 61.5 Å². The summed E-state index contributed by atoms with van der Waals surface area (Å²) in [5.41, 5.74) is 1.37. The number of hydrogen-bond donors (Lipinski definition) is 0. The van der Waals surface area contributed by atoms with Gasteiger partial charge in [0.15, 0.2) is 0 Å². The molecular formula is C21H19NO7S2. The SMILES string of the molecule is CCOC(=O)CN1C(=O)S/C(=C\c2cccc(OS(=O)(=O)c3ccc(C)cc3)c2)C1=O. The Balaban J connectivity index is 1.78. The molecule has 162 valence electrons. The Bertz CT molecular complexity index is 1150. The Morgan fingerprint density at radius 1 is 1.13 bits per heavy atom. The number of imide groups is 1. The van der Waals surface area contributed by atoms with Crippen molar-refractivity contribution in [2.45, 2.75) is 18.7 Å². The molecule has 2 amide bonds. The molecule has 1 heterocycles. The number of carbonyl (C=O) groups excluding carboxylic acids is 3. The largest absolute Gasteiger partial charge is 0.465 e. The van der Waals surface area contributed by atoms with E-state index >= 15 is 0 Å². The van der Waals surface area contributed by atoms with E-state index in [1.54, 1.807) is 31.2 Å². The summed E-state index contributed by atoms with van der Waals surface area (Å²) in [4.78, 5) is 37.1. The summed E-state index contributed by atoms with van der Waals surface area (Å²) in [6.45, 7) is 3.14. The molecule has 8 nitrogen and oxygen atoms in total. The normalized spacial score (nSPS) is 15.4. The van der Waals surface area contributed by atoms with Gasteiger partial charge < -0.3 is 8.92 Å². The maximum atomic E-state index is 12.5. The van der Waals surface area contributed by atoms with Crippen molar-refractivity contribution < 1.29 is 31.7 Å². The van der Waals surface area contributed by atoms with E-state index in [2.05, 4.69) is 0 Å². The summed E-state index contributed by atoms with van der Waals surface area (Å²) < 4.78 is 34.9. The number of benzene rings is 2. The lowest BCUT2D eigenvalue weighted by Crippen LogP contribution is -2.34. The minimum Gasteiger partial charge on any atom is -0.465 e. The second-order valence-electron chi connectivity index (χ2n) is 6.50. The van der Waals surface area contributed by atoms with Crippen LogP contribution in [0.1, 0.15) is 18.1 Å². The van der Waals surface area contributed by atoms with Crippen LogP contribution in [-0.2, 0) is 24.4 Å². The van der Waals surface area contributed by atoms with Crippen molar-refractivity contribution in [2.24, 2.45) is 0 Å². The van der Waals surface area contributed by atoms with Crippen LogP contribution in [-0.4, -0.2) is 43.6 Å². The molecule has 0 spiro atoms. The van der Waals surface area contributed by atoms with E-state index in [1.807, 2.05) is 6.92 Å². The van der Waals surface area contributed by atoms with E-state index in [0.717, 1.165) is 10.5 Å². The van der Waals surface area contributed by atoms with Gasteiger partial charge in [-0.1, -0.05) is 29.8 Å². The number of ether oxygens (including phenoxy) is 1. The Hall–Kier alpha value is -3.11. The minimum atomic E-state index is -4.03. The lowest BCUT2D eigenvalue weighted by Gasteiger charge is -2.10. The van der Waals surface area contributed by atoms with Crippen LogP contribution < -0.4 is 4.18 Å². The van der Waals surface area contributed by atoms with Crippen molar-refractivity contribution in [1.29, 1.82) is 0 Å². The highest BCUT2D eigenvalue weighted by Gasteiger charge is 2.36. The summed E-state index contributed by atoms with van der Waals surface area (Å²) in [5, 5.41) is -0.585. The number of esters is 1. The van der Waals surface area contributed by atoms with Crippen LogP contribution in [0.3, 0.4) is 0 Å². The molecule has 0 atom stereocenters. The maximum absolute atomic E-state index is 12.5. The third kappa shape index (κ3) is 5.53. The molecule has 0 unspecified atom stereocenters. The van der Waals surface area contributed by atoms with E-state index in [1.165, 1.54) is 30.3 Å². The summed E-state index contributed by atoms with van der Waals surface area (Å²) >= 11 is 0.686. The van der Waals surface area contributed by atoms with E-state index in [4.69, 9.17) is 8.92 Å². The molecule has 10 heteroatoms. The van der Waals surface area contributed by atoms with E-state index in [0.29, 0.717) is 17.3 Å². The van der Waals surface area contributed by atoms with Crippen LogP contribution in [0.5, 0.6) is 5.75 Å². The number of nitrogens with zero attached hydrogens (tertiary/aromatic N) is 1. The lowest BCUT2D eigenvalue weighted by atomic mass is 10.2. The molecule has 1 aliphatic heterocycles. The summed E-state index contributed by atoms with van der Waals surface area (Å²) in [6.07, 6.45) is 1.43. The van der Waals surface area contributed by atoms with Gasteiger partial charge in [0.05, 0.1) is 11.5 Å². The predicted molar refractivity (Wildman–Crippen MR) is 115 cm³/mol. The predicted octanol–water partition coefficient (Wildman–Crippen LogP) is 3.36. The van der Waals surface area contributed by atoms with Crippen molar-refractivity contribution in [3.05, 3.63) is 64.6 Å². The van der Waals surface area contributed by atoms with Crippen LogP contribution in [0.25, 0.3) is 6.08 Å². The van der Waals surface area contributed by atoms with Crippen LogP contribution in [0.2, 0.25) is 0 Å². The number of rotatable bonds is 7. The van der Waals surface area contributed by atoms with Crippen molar-refractivity contribution in [2.75, 3.05) is 13.2 Å². The van der Waals surface area contributed by atoms with Gasteiger partial charge >= 0.3 is 16.1 Å². The van der Waals surface area contributed by atoms with E-state index in [-0.39, 0.29) is 22.2 Å². The fourth-order valence-electron chi connectivity index (χ4n) is 2.66. The van der Waals surface area contributed by atoms with Gasteiger partial charge in [-0.3, -0.25) is 19.3 Å². The molecule has 0 N–H and O–H groups in total. The zero-order chi connectivity index (χ0) is 22.6. The molecular weight excluding hydrogens is 442 g/mol. The number of hydrogen-bond acceptors (Lipinski definition) is 8. The van der Waals surface area contributed by atoms with Crippen LogP contribution >= 0.6 is 11.8 Å². The summed E-state index contributed by atoms with van der Waals surface area (Å²) in [5.74, 6) is -1.25. The summed E-state index contributed by atoms with van der Waals surface area (Å²) in [7, 11) is -4.03. The van der Waals surface area contributed by atoms with Gasteiger partial charge in [0.1, 0.15) is 17.2 Å². The van der Waals surface area contributed by atoms with Crippen LogP contribution in [0, 0.1) is 6.92 Å². The van der Waals surface area contributed by atoms with Gasteiger partial charge in [0, 0.05) is 0 Å². The first kappa shape index (κ1) is 22.6. The second kappa shape index (κ2) is 9.36. The lowest BCUT2D eigenvalue weighted by molar-refractivity contribution is -0.145. The first-order chi connectivity index (χ1) is 14.7. The smallest absolute Gasteiger partial charge is 0.339 e. The molecule has 0 radical (unpaired) electrons. The molecule has 0 aliphatic carbocycles. The van der Waals surface area contributed by atoms with E-state index in [9.17, 15) is 22.8 Å². The standard InChI is InChI=1S/C21H19NO7S2/c1-3-28-19(23)13-22-20(24)18(30-21(22)25)12-15-5-4-6-16(11-15)29-31(26,27)17-9-7-14(2)8-10-17/h4-12H,3,13H2,1-2H3/b18-12-. The quantitative estimate of drug-likeness (QED) is 0.351. The molecule has 1 aliphatic rings. The molecule has 0 aromatic heterocycles. The number of carbonyl (C=O) groups is 3. The van der Waals surface area contributed by atoms with Crippen LogP contribution in [0.15, 0.2) is 58.3 Å². The third-order valence-corrected chi connectivity index (χ3v) is 6.31. The summed E-state index contributed by atoms with van der Waals surface area (Å²) in [6, 6.07) is 12.3. The fourth-order valence-corrected chi connectivity index (χ4v) is 4.42. The van der Waals surface area contributed by atoms with Crippen molar-refractivity contribution in [3.8, 4) is 5.75 Å². The third-order valence-electron chi connectivity index (χ3n) is 4.14. The van der Waals surface area contributed by atoms with Gasteiger partial charge in [-0.15, -0.1) is 0 Å². The maximum Gasteiger partial charge on any atom is 0.339 e. The first-order valence-corrected chi connectivity index (χ1v) is 11.4. The zero-order valence-electron chi connectivity index (χ0n) is 16.7. The second-order valence-corrected chi connectivity index (χ2v) is 9.04. The first-order valence-electron chi connectivity index (χ1n) is 9.22. The van der Waals surface area contributed by atoms with Crippen molar-refractivity contribution >= 4 is 45.1 Å². The number of aryl methyl sites for hydroxylation is 1. The van der Waals surface area contributed by atoms with Gasteiger partial charge in [-0.2, -0.15) is 8.42 Å². The Labute approximate surface area is 184 Å². The zero-order valence-corrected chi connectivity index (χ0v) is 18.4. The Morgan fingerprint density at radius 2 is 1.84 bits per heavy atom. The van der Waals surface area contributed by atoms with Crippen molar-refractivity contribution in [3.63, 3.8) is 0 Å². The monoisotopic (exact) mass is 461 g/mol. The topological polar surface area (TPSA) is 107 Å². The molecule has 2 aromatic rings. The molecule has 1 saturated heterocycles. The minimum absolute atomic E-state index is 0.0172. The fraction of sp³-hybridized carbons (Fsp3) is 0.190. The molecule has 2 aromatic carbocycles. The molecule has 0 bridgehead atoms. The van der Waals surface area contributed by atoms with E-state index < -0.39 is 33.8 Å². The molecule has 1 fully saturated rings. The average Bonchev–Trinajstić information content (AvgIpc) is 2.96. The number of amides is 2. The van der Waals surface area contributed by atoms with Crippen molar-refractivity contribution in [1.82, 2.24) is 4.90 Å². The van der Waals surface area contributed by atoms with Crippen LogP contribution in [0.4, 0.5) is 4.79 Å². The Morgan fingerprint density at radius 3 is 2.52 bits per heavy atom. The molecule has 3 rings (SSSR count). The molecule has 0 saturated carbocycles. The number of thioether (sulfide) groups is 1.